The van der Waals surface area contributed by atoms with Crippen molar-refractivity contribution in [3.8, 4) is 0 Å². The van der Waals surface area contributed by atoms with Gasteiger partial charge in [-0.15, -0.1) is 0 Å². The van der Waals surface area contributed by atoms with Gasteiger partial charge in [-0.1, -0.05) is 6.92 Å². The molecule has 23 heavy (non-hydrogen) atoms. The second-order valence-corrected chi connectivity index (χ2v) is 6.63. The summed E-state index contributed by atoms with van der Waals surface area (Å²) in [6.45, 7) is 5.70. The largest absolute Gasteiger partial charge is 0.478 e. The summed E-state index contributed by atoms with van der Waals surface area (Å²) in [5.74, 6) is -1.17. The lowest BCUT2D eigenvalue weighted by Crippen LogP contribution is -2.27. The standard InChI is InChI=1S/C15H24N2O5S/c1-3-8-16-13-7-6-12(15(18)19)11-14(13)23(20,21)17-9-5-10-22-4-2/h6-7,11,16-17H,3-5,8-10H2,1-2H3,(H,18,19). The molecular weight excluding hydrogens is 320 g/mol. The van der Waals surface area contributed by atoms with Gasteiger partial charge >= 0.3 is 5.97 Å². The van der Waals surface area contributed by atoms with E-state index < -0.39 is 16.0 Å². The molecule has 0 heterocycles. The molecule has 1 rings (SSSR count). The summed E-state index contributed by atoms with van der Waals surface area (Å²) in [6, 6.07) is 4.04. The van der Waals surface area contributed by atoms with Gasteiger partial charge in [-0.3, -0.25) is 0 Å². The number of hydrogen-bond acceptors (Lipinski definition) is 5. The van der Waals surface area contributed by atoms with Gasteiger partial charge in [0.05, 0.1) is 11.3 Å². The van der Waals surface area contributed by atoms with Gasteiger partial charge in [0.2, 0.25) is 10.0 Å². The Kier molecular flexibility index (Phi) is 8.01. The van der Waals surface area contributed by atoms with Crippen molar-refractivity contribution in [2.24, 2.45) is 0 Å². The summed E-state index contributed by atoms with van der Waals surface area (Å²) in [7, 11) is -3.80. The molecule has 0 bridgehead atoms. The average Bonchev–Trinajstić information content (AvgIpc) is 2.52. The summed E-state index contributed by atoms with van der Waals surface area (Å²) in [5.41, 5.74) is 0.330. The molecule has 7 nitrogen and oxygen atoms in total. The SMILES string of the molecule is CCCNc1ccc(C(=O)O)cc1S(=O)(=O)NCCCOCC. The van der Waals surface area contributed by atoms with Gasteiger partial charge in [-0.05, 0) is 38.0 Å². The minimum atomic E-state index is -3.80. The van der Waals surface area contributed by atoms with Gasteiger partial charge in [-0.25, -0.2) is 17.9 Å². The third kappa shape index (κ3) is 6.17. The smallest absolute Gasteiger partial charge is 0.335 e. The summed E-state index contributed by atoms with van der Waals surface area (Å²) >= 11 is 0. The zero-order chi connectivity index (χ0) is 17.3. The highest BCUT2D eigenvalue weighted by Crippen LogP contribution is 2.23. The van der Waals surface area contributed by atoms with Crippen LogP contribution in [0.5, 0.6) is 0 Å². The van der Waals surface area contributed by atoms with E-state index in [2.05, 4.69) is 10.0 Å². The molecule has 1 aromatic rings. The first-order valence-electron chi connectivity index (χ1n) is 7.61. The van der Waals surface area contributed by atoms with Crippen LogP contribution in [0.25, 0.3) is 0 Å². The van der Waals surface area contributed by atoms with Crippen LogP contribution in [0.15, 0.2) is 23.1 Å². The Labute approximate surface area is 137 Å². The molecule has 0 atom stereocenters. The van der Waals surface area contributed by atoms with Crippen LogP contribution < -0.4 is 10.0 Å². The van der Waals surface area contributed by atoms with Crippen LogP contribution in [0.1, 0.15) is 37.0 Å². The maximum Gasteiger partial charge on any atom is 0.335 e. The maximum atomic E-state index is 12.4. The van der Waals surface area contributed by atoms with Crippen molar-refractivity contribution in [3.05, 3.63) is 23.8 Å². The molecular formula is C15H24N2O5S. The van der Waals surface area contributed by atoms with Crippen LogP contribution in [0, 0.1) is 0 Å². The van der Waals surface area contributed by atoms with Crippen molar-refractivity contribution in [2.45, 2.75) is 31.6 Å². The van der Waals surface area contributed by atoms with E-state index in [9.17, 15) is 13.2 Å². The van der Waals surface area contributed by atoms with Crippen molar-refractivity contribution >= 4 is 21.7 Å². The van der Waals surface area contributed by atoms with Crippen LogP contribution in [0.2, 0.25) is 0 Å². The van der Waals surface area contributed by atoms with Gasteiger partial charge in [0.15, 0.2) is 0 Å². The van der Waals surface area contributed by atoms with Crippen LogP contribution in [-0.2, 0) is 14.8 Å². The molecule has 0 radical (unpaired) electrons. The average molecular weight is 344 g/mol. The Bertz CT molecular complexity index is 616. The van der Waals surface area contributed by atoms with Gasteiger partial charge in [-0.2, -0.15) is 0 Å². The summed E-state index contributed by atoms with van der Waals surface area (Å²) < 4.78 is 32.5. The Morgan fingerprint density at radius 1 is 1.26 bits per heavy atom. The molecule has 1 aromatic carbocycles. The van der Waals surface area contributed by atoms with E-state index in [1.807, 2.05) is 13.8 Å². The first-order valence-corrected chi connectivity index (χ1v) is 9.09. The normalized spacial score (nSPS) is 11.4. The quantitative estimate of drug-likeness (QED) is 0.530. The predicted molar refractivity (Wildman–Crippen MR) is 88.5 cm³/mol. The van der Waals surface area contributed by atoms with E-state index in [0.29, 0.717) is 31.9 Å². The van der Waals surface area contributed by atoms with E-state index in [1.54, 1.807) is 0 Å². The fourth-order valence-electron chi connectivity index (χ4n) is 1.89. The van der Waals surface area contributed by atoms with E-state index in [0.717, 1.165) is 6.42 Å². The predicted octanol–water partition coefficient (Wildman–Crippen LogP) is 1.91. The molecule has 0 aliphatic carbocycles. The Morgan fingerprint density at radius 2 is 2.00 bits per heavy atom. The molecule has 0 unspecified atom stereocenters. The number of anilines is 1. The second kappa shape index (κ2) is 9.49. The van der Waals surface area contributed by atoms with E-state index in [-0.39, 0.29) is 17.0 Å². The Morgan fingerprint density at radius 3 is 2.61 bits per heavy atom. The molecule has 130 valence electrons. The lowest BCUT2D eigenvalue weighted by molar-refractivity contribution is 0.0696. The molecule has 0 aromatic heterocycles. The lowest BCUT2D eigenvalue weighted by Gasteiger charge is -2.14. The number of sulfonamides is 1. The summed E-state index contributed by atoms with van der Waals surface area (Å²) in [5, 5.41) is 12.1. The first kappa shape index (κ1) is 19.4. The van der Waals surface area contributed by atoms with Gasteiger partial charge in [0, 0.05) is 26.3 Å². The Balaban J connectivity index is 2.95. The zero-order valence-corrected chi connectivity index (χ0v) is 14.3. The van der Waals surface area contributed by atoms with Crippen molar-refractivity contribution < 1.29 is 23.1 Å². The number of rotatable bonds is 11. The number of ether oxygens (including phenoxy) is 1. The molecule has 0 spiro atoms. The van der Waals surface area contributed by atoms with Crippen LogP contribution >= 0.6 is 0 Å². The first-order chi connectivity index (χ1) is 10.9. The summed E-state index contributed by atoms with van der Waals surface area (Å²) in [6.07, 6.45) is 1.37. The number of carbonyl (C=O) groups is 1. The van der Waals surface area contributed by atoms with E-state index in [1.165, 1.54) is 18.2 Å². The van der Waals surface area contributed by atoms with Gasteiger partial charge in [0.25, 0.3) is 0 Å². The monoisotopic (exact) mass is 344 g/mol. The second-order valence-electron chi connectivity index (χ2n) is 4.89. The highest BCUT2D eigenvalue weighted by atomic mass is 32.2. The fourth-order valence-corrected chi connectivity index (χ4v) is 3.17. The van der Waals surface area contributed by atoms with Crippen molar-refractivity contribution in [2.75, 3.05) is 31.6 Å². The minimum absolute atomic E-state index is 0.0535. The number of nitrogens with one attached hydrogen (secondary N) is 2. The lowest BCUT2D eigenvalue weighted by atomic mass is 10.2. The minimum Gasteiger partial charge on any atom is -0.478 e. The highest BCUT2D eigenvalue weighted by Gasteiger charge is 2.20. The van der Waals surface area contributed by atoms with Crippen molar-refractivity contribution in [1.82, 2.24) is 4.72 Å². The number of carboxylic acids is 1. The fraction of sp³-hybridized carbons (Fsp3) is 0.533. The van der Waals surface area contributed by atoms with Crippen LogP contribution in [0.3, 0.4) is 0 Å². The van der Waals surface area contributed by atoms with Gasteiger partial charge in [0.1, 0.15) is 4.90 Å². The van der Waals surface area contributed by atoms with E-state index >= 15 is 0 Å². The summed E-state index contributed by atoms with van der Waals surface area (Å²) in [4.78, 5) is 11.0. The molecule has 0 saturated carbocycles. The Hall–Kier alpha value is -1.64. The van der Waals surface area contributed by atoms with Crippen LogP contribution in [0.4, 0.5) is 5.69 Å². The number of carboxylic acid groups (broad SMARTS) is 1. The van der Waals surface area contributed by atoms with Crippen molar-refractivity contribution in [1.29, 1.82) is 0 Å². The number of hydrogen-bond donors (Lipinski definition) is 3. The third-order valence-electron chi connectivity index (χ3n) is 3.05. The topological polar surface area (TPSA) is 105 Å². The molecule has 8 heteroatoms. The van der Waals surface area contributed by atoms with E-state index in [4.69, 9.17) is 9.84 Å². The number of aromatic carboxylic acids is 1. The molecule has 3 N–H and O–H groups in total. The molecule has 0 aliphatic heterocycles. The van der Waals surface area contributed by atoms with Crippen molar-refractivity contribution in [3.63, 3.8) is 0 Å². The molecule has 0 aliphatic rings. The number of benzene rings is 1. The maximum absolute atomic E-state index is 12.4. The molecule has 0 saturated heterocycles. The van der Waals surface area contributed by atoms with Gasteiger partial charge < -0.3 is 15.2 Å². The highest BCUT2D eigenvalue weighted by molar-refractivity contribution is 7.89. The molecule has 0 amide bonds. The third-order valence-corrected chi connectivity index (χ3v) is 4.55. The molecule has 0 fully saturated rings. The zero-order valence-electron chi connectivity index (χ0n) is 13.5. The van der Waals surface area contributed by atoms with Crippen LogP contribution in [-0.4, -0.2) is 45.8 Å².